The number of aromatic nitrogens is 1. The van der Waals surface area contributed by atoms with Crippen LogP contribution in [0.1, 0.15) is 31.4 Å². The summed E-state index contributed by atoms with van der Waals surface area (Å²) < 4.78 is 0. The summed E-state index contributed by atoms with van der Waals surface area (Å²) in [5.74, 6) is 0.200. The molecule has 1 atom stereocenters. The van der Waals surface area contributed by atoms with Gasteiger partial charge in [0.15, 0.2) is 0 Å². The van der Waals surface area contributed by atoms with Gasteiger partial charge in [-0.15, -0.1) is 0 Å². The maximum absolute atomic E-state index is 12.0. The molecule has 2 rings (SSSR count). The summed E-state index contributed by atoms with van der Waals surface area (Å²) in [7, 11) is 0. The zero-order valence-corrected chi connectivity index (χ0v) is 10.2. The van der Waals surface area contributed by atoms with Crippen molar-refractivity contribution in [2.45, 2.75) is 25.8 Å². The Kier molecular flexibility index (Phi) is 4.09. The lowest BCUT2D eigenvalue weighted by atomic mass is 10.1. The predicted octanol–water partition coefficient (Wildman–Crippen LogP) is 1.35. The number of rotatable bonds is 4. The molecule has 1 N–H and O–H groups in total. The summed E-state index contributed by atoms with van der Waals surface area (Å²) in [5, 5.41) is 3.09. The Labute approximate surface area is 102 Å². The smallest absolute Gasteiger partial charge is 0.237 e. The van der Waals surface area contributed by atoms with Gasteiger partial charge in [-0.3, -0.25) is 9.78 Å². The fraction of sp³-hybridized carbons (Fsp3) is 0.538. The lowest BCUT2D eigenvalue weighted by Crippen LogP contribution is -2.37. The van der Waals surface area contributed by atoms with Crippen molar-refractivity contribution in [3.05, 3.63) is 30.1 Å². The first-order valence-electron chi connectivity index (χ1n) is 6.23. The van der Waals surface area contributed by atoms with E-state index in [9.17, 15) is 4.79 Å². The average molecular weight is 233 g/mol. The summed E-state index contributed by atoms with van der Waals surface area (Å²) in [6.07, 6.45) is 5.73. The summed E-state index contributed by atoms with van der Waals surface area (Å²) in [5.41, 5.74) is 1.20. The number of amides is 1. The maximum atomic E-state index is 12.0. The summed E-state index contributed by atoms with van der Waals surface area (Å²) in [6, 6.07) is 4.25. The van der Waals surface area contributed by atoms with Gasteiger partial charge in [-0.2, -0.15) is 0 Å². The van der Waals surface area contributed by atoms with Crippen LogP contribution in [0.2, 0.25) is 0 Å². The molecule has 1 amide bonds. The minimum atomic E-state index is 0.200. The summed E-state index contributed by atoms with van der Waals surface area (Å²) in [4.78, 5) is 18.0. The highest BCUT2D eigenvalue weighted by atomic mass is 16.2. The molecular weight excluding hydrogens is 214 g/mol. The van der Waals surface area contributed by atoms with Crippen LogP contribution in [0, 0.1) is 0 Å². The van der Waals surface area contributed by atoms with Crippen molar-refractivity contribution in [1.82, 2.24) is 15.2 Å². The lowest BCUT2D eigenvalue weighted by Gasteiger charge is -2.25. The molecule has 1 fully saturated rings. The van der Waals surface area contributed by atoms with Crippen molar-refractivity contribution in [2.24, 2.45) is 0 Å². The van der Waals surface area contributed by atoms with Crippen LogP contribution in [0.4, 0.5) is 0 Å². The Balaban J connectivity index is 2.05. The highest BCUT2D eigenvalue weighted by molar-refractivity contribution is 5.79. The fourth-order valence-corrected chi connectivity index (χ4v) is 2.33. The molecule has 0 bridgehead atoms. The number of likely N-dealkylation sites (N-methyl/N-ethyl adjacent to an activating group) is 1. The monoisotopic (exact) mass is 233 g/mol. The number of nitrogens with zero attached hydrogens (tertiary/aromatic N) is 2. The van der Waals surface area contributed by atoms with Gasteiger partial charge < -0.3 is 10.2 Å². The van der Waals surface area contributed by atoms with Gasteiger partial charge in [0, 0.05) is 18.9 Å². The SMILES string of the molecule is CCNCC(=O)N1CCCC1c1ccncc1. The van der Waals surface area contributed by atoms with Crippen molar-refractivity contribution < 1.29 is 4.79 Å². The van der Waals surface area contributed by atoms with E-state index in [1.165, 1.54) is 5.56 Å². The Hall–Kier alpha value is -1.42. The number of likely N-dealkylation sites (tertiary alicyclic amines) is 1. The van der Waals surface area contributed by atoms with Crippen LogP contribution in [0.5, 0.6) is 0 Å². The first-order valence-corrected chi connectivity index (χ1v) is 6.23. The molecule has 1 saturated heterocycles. The highest BCUT2D eigenvalue weighted by Crippen LogP contribution is 2.31. The van der Waals surface area contributed by atoms with Gasteiger partial charge in [0.2, 0.25) is 5.91 Å². The average Bonchev–Trinajstić information content (AvgIpc) is 2.86. The molecule has 92 valence electrons. The van der Waals surface area contributed by atoms with E-state index in [0.29, 0.717) is 6.54 Å². The van der Waals surface area contributed by atoms with Gasteiger partial charge >= 0.3 is 0 Å². The second-order valence-corrected chi connectivity index (χ2v) is 4.31. The minimum absolute atomic E-state index is 0.200. The van der Waals surface area contributed by atoms with Gasteiger partial charge in [-0.05, 0) is 37.1 Å². The van der Waals surface area contributed by atoms with Gasteiger partial charge in [-0.1, -0.05) is 6.92 Å². The molecular formula is C13H19N3O. The Morgan fingerprint density at radius 1 is 1.53 bits per heavy atom. The van der Waals surface area contributed by atoms with Crippen molar-refractivity contribution >= 4 is 5.91 Å². The van der Waals surface area contributed by atoms with E-state index in [0.717, 1.165) is 25.9 Å². The van der Waals surface area contributed by atoms with Crippen molar-refractivity contribution in [1.29, 1.82) is 0 Å². The molecule has 1 aliphatic heterocycles. The molecule has 17 heavy (non-hydrogen) atoms. The first-order chi connectivity index (χ1) is 8.33. The molecule has 1 aromatic rings. The Morgan fingerprint density at radius 3 is 3.00 bits per heavy atom. The third-order valence-electron chi connectivity index (χ3n) is 3.19. The number of hydrogen-bond donors (Lipinski definition) is 1. The van der Waals surface area contributed by atoms with Crippen LogP contribution in [-0.2, 0) is 4.79 Å². The van der Waals surface area contributed by atoms with Crippen LogP contribution in [0.25, 0.3) is 0 Å². The van der Waals surface area contributed by atoms with E-state index in [2.05, 4.69) is 10.3 Å². The third kappa shape index (κ3) is 2.82. The van der Waals surface area contributed by atoms with Crippen LogP contribution in [-0.4, -0.2) is 35.4 Å². The molecule has 0 aromatic carbocycles. The molecule has 2 heterocycles. The third-order valence-corrected chi connectivity index (χ3v) is 3.19. The molecule has 0 spiro atoms. The van der Waals surface area contributed by atoms with Crippen molar-refractivity contribution in [3.63, 3.8) is 0 Å². The van der Waals surface area contributed by atoms with E-state index < -0.39 is 0 Å². The zero-order chi connectivity index (χ0) is 12.1. The molecule has 1 aliphatic rings. The number of carbonyl (C=O) groups is 1. The molecule has 0 radical (unpaired) electrons. The predicted molar refractivity (Wildman–Crippen MR) is 66.5 cm³/mol. The van der Waals surface area contributed by atoms with Crippen LogP contribution in [0.3, 0.4) is 0 Å². The lowest BCUT2D eigenvalue weighted by molar-refractivity contribution is -0.131. The first kappa shape index (κ1) is 12.0. The summed E-state index contributed by atoms with van der Waals surface area (Å²) >= 11 is 0. The second kappa shape index (κ2) is 5.77. The van der Waals surface area contributed by atoms with E-state index in [-0.39, 0.29) is 11.9 Å². The molecule has 1 unspecified atom stereocenters. The highest BCUT2D eigenvalue weighted by Gasteiger charge is 2.29. The van der Waals surface area contributed by atoms with Gasteiger partial charge in [0.25, 0.3) is 0 Å². The number of carbonyl (C=O) groups excluding carboxylic acids is 1. The van der Waals surface area contributed by atoms with Crippen molar-refractivity contribution in [2.75, 3.05) is 19.6 Å². The van der Waals surface area contributed by atoms with E-state index in [1.54, 1.807) is 12.4 Å². The molecule has 1 aromatic heterocycles. The Bertz CT molecular complexity index is 366. The van der Waals surface area contributed by atoms with E-state index >= 15 is 0 Å². The van der Waals surface area contributed by atoms with Gasteiger partial charge in [0.1, 0.15) is 0 Å². The van der Waals surface area contributed by atoms with Crippen molar-refractivity contribution in [3.8, 4) is 0 Å². The molecule has 0 saturated carbocycles. The topological polar surface area (TPSA) is 45.2 Å². The molecule has 4 nitrogen and oxygen atoms in total. The second-order valence-electron chi connectivity index (χ2n) is 4.31. The largest absolute Gasteiger partial charge is 0.335 e. The number of pyridine rings is 1. The molecule has 4 heteroatoms. The van der Waals surface area contributed by atoms with Crippen LogP contribution < -0.4 is 5.32 Å². The van der Waals surface area contributed by atoms with Gasteiger partial charge in [-0.25, -0.2) is 0 Å². The number of nitrogens with one attached hydrogen (secondary N) is 1. The standard InChI is InChI=1S/C13H19N3O/c1-2-14-10-13(17)16-9-3-4-12(16)11-5-7-15-8-6-11/h5-8,12,14H,2-4,9-10H2,1H3. The Morgan fingerprint density at radius 2 is 2.29 bits per heavy atom. The van der Waals surface area contributed by atoms with Gasteiger partial charge in [0.05, 0.1) is 12.6 Å². The molecule has 0 aliphatic carbocycles. The maximum Gasteiger partial charge on any atom is 0.237 e. The minimum Gasteiger partial charge on any atom is -0.335 e. The normalized spacial score (nSPS) is 19.6. The number of hydrogen-bond acceptors (Lipinski definition) is 3. The fourth-order valence-electron chi connectivity index (χ4n) is 2.33. The zero-order valence-electron chi connectivity index (χ0n) is 10.2. The van der Waals surface area contributed by atoms with E-state index in [1.807, 2.05) is 24.0 Å². The quantitative estimate of drug-likeness (QED) is 0.854. The van der Waals surface area contributed by atoms with Crippen LogP contribution >= 0.6 is 0 Å². The summed E-state index contributed by atoms with van der Waals surface area (Å²) in [6.45, 7) is 4.16. The van der Waals surface area contributed by atoms with E-state index in [4.69, 9.17) is 0 Å². The van der Waals surface area contributed by atoms with Crippen LogP contribution in [0.15, 0.2) is 24.5 Å².